The van der Waals surface area contributed by atoms with Crippen LogP contribution >= 0.6 is 0 Å². The first-order chi connectivity index (χ1) is 9.68. The average Bonchev–Trinajstić information content (AvgIpc) is 2.36. The van der Waals surface area contributed by atoms with Crippen LogP contribution in [0.5, 0.6) is 0 Å². The van der Waals surface area contributed by atoms with E-state index in [1.807, 2.05) is 40.7 Å². The van der Waals surface area contributed by atoms with Crippen LogP contribution in [0.1, 0.15) is 40.2 Å². The van der Waals surface area contributed by atoms with Crippen LogP contribution in [-0.4, -0.2) is 25.8 Å². The largest absolute Gasteiger partial charge is 0.399 e. The molecule has 0 bridgehead atoms. The highest BCUT2D eigenvalue weighted by molar-refractivity contribution is 7.89. The standard InChI is InChI=1S/C16H28N2O2S/c1-6-14-7-8-15(17)9-16(14)21(19,20)18(10-12(2)3)11-13(4)5/h7-9,12-13H,6,10-11,17H2,1-5H3. The highest BCUT2D eigenvalue weighted by Gasteiger charge is 2.27. The summed E-state index contributed by atoms with van der Waals surface area (Å²) in [6, 6.07) is 5.15. The Balaban J connectivity index is 3.30. The van der Waals surface area contributed by atoms with Gasteiger partial charge in [-0.05, 0) is 36.0 Å². The van der Waals surface area contributed by atoms with E-state index in [0.717, 1.165) is 5.56 Å². The number of nitrogens with two attached hydrogens (primary N) is 1. The summed E-state index contributed by atoms with van der Waals surface area (Å²) in [6.07, 6.45) is 0.673. The highest BCUT2D eigenvalue weighted by atomic mass is 32.2. The van der Waals surface area contributed by atoms with E-state index < -0.39 is 10.0 Å². The number of sulfonamides is 1. The van der Waals surface area contributed by atoms with Crippen LogP contribution in [-0.2, 0) is 16.4 Å². The van der Waals surface area contributed by atoms with Gasteiger partial charge in [0, 0.05) is 18.8 Å². The third-order valence-electron chi connectivity index (χ3n) is 3.23. The van der Waals surface area contributed by atoms with Crippen molar-refractivity contribution in [2.24, 2.45) is 11.8 Å². The van der Waals surface area contributed by atoms with Crippen molar-refractivity contribution in [3.63, 3.8) is 0 Å². The Kier molecular flexibility index (Phi) is 6.23. The van der Waals surface area contributed by atoms with Gasteiger partial charge in [0.25, 0.3) is 0 Å². The zero-order valence-electron chi connectivity index (χ0n) is 13.8. The molecule has 0 aliphatic carbocycles. The molecule has 0 radical (unpaired) electrons. The monoisotopic (exact) mass is 312 g/mol. The summed E-state index contributed by atoms with van der Waals surface area (Å²) in [4.78, 5) is 0.353. The highest BCUT2D eigenvalue weighted by Crippen LogP contribution is 2.25. The van der Waals surface area contributed by atoms with Gasteiger partial charge in [0.2, 0.25) is 10.0 Å². The number of nitrogens with zero attached hydrogens (tertiary/aromatic N) is 1. The molecular weight excluding hydrogens is 284 g/mol. The van der Waals surface area contributed by atoms with Gasteiger partial charge in [-0.25, -0.2) is 8.42 Å². The molecule has 120 valence electrons. The molecule has 0 saturated carbocycles. The van der Waals surface area contributed by atoms with Crippen LogP contribution < -0.4 is 5.73 Å². The number of anilines is 1. The number of hydrogen-bond donors (Lipinski definition) is 1. The summed E-state index contributed by atoms with van der Waals surface area (Å²) in [5.74, 6) is 0.564. The topological polar surface area (TPSA) is 63.4 Å². The fourth-order valence-corrected chi connectivity index (χ4v) is 4.42. The van der Waals surface area contributed by atoms with E-state index in [4.69, 9.17) is 5.73 Å². The van der Waals surface area contributed by atoms with Gasteiger partial charge in [0.05, 0.1) is 4.90 Å². The maximum absolute atomic E-state index is 13.0. The van der Waals surface area contributed by atoms with Crippen LogP contribution in [0.15, 0.2) is 23.1 Å². The summed E-state index contributed by atoms with van der Waals surface area (Å²) in [5.41, 5.74) is 7.11. The Labute approximate surface area is 129 Å². The number of nitrogen functional groups attached to an aromatic ring is 1. The van der Waals surface area contributed by atoms with E-state index in [2.05, 4.69) is 0 Å². The molecule has 1 rings (SSSR count). The fourth-order valence-electron chi connectivity index (χ4n) is 2.33. The van der Waals surface area contributed by atoms with Gasteiger partial charge in [0.1, 0.15) is 0 Å². The van der Waals surface area contributed by atoms with Gasteiger partial charge in [-0.15, -0.1) is 0 Å². The summed E-state index contributed by atoms with van der Waals surface area (Å²) >= 11 is 0. The van der Waals surface area contributed by atoms with Gasteiger partial charge in [-0.2, -0.15) is 4.31 Å². The predicted octanol–water partition coefficient (Wildman–Crippen LogP) is 3.13. The number of hydrogen-bond acceptors (Lipinski definition) is 3. The summed E-state index contributed by atoms with van der Waals surface area (Å²) < 4.78 is 27.6. The first kappa shape index (κ1) is 18.0. The maximum atomic E-state index is 13.0. The molecule has 0 aliphatic rings. The minimum Gasteiger partial charge on any atom is -0.399 e. The Hall–Kier alpha value is -1.07. The van der Waals surface area contributed by atoms with Crippen molar-refractivity contribution in [3.05, 3.63) is 23.8 Å². The van der Waals surface area contributed by atoms with Crippen molar-refractivity contribution in [2.75, 3.05) is 18.8 Å². The van der Waals surface area contributed by atoms with Gasteiger partial charge in [-0.3, -0.25) is 0 Å². The van der Waals surface area contributed by atoms with Crippen molar-refractivity contribution in [3.8, 4) is 0 Å². The van der Waals surface area contributed by atoms with Crippen LogP contribution in [0.2, 0.25) is 0 Å². The van der Waals surface area contributed by atoms with E-state index in [0.29, 0.717) is 30.1 Å². The molecule has 5 heteroatoms. The quantitative estimate of drug-likeness (QED) is 0.787. The van der Waals surface area contributed by atoms with E-state index >= 15 is 0 Å². The van der Waals surface area contributed by atoms with E-state index in [-0.39, 0.29) is 11.8 Å². The maximum Gasteiger partial charge on any atom is 0.243 e. The zero-order valence-corrected chi connectivity index (χ0v) is 14.6. The normalized spacial score (nSPS) is 12.6. The van der Waals surface area contributed by atoms with Gasteiger partial charge in [-0.1, -0.05) is 40.7 Å². The van der Waals surface area contributed by atoms with Crippen LogP contribution in [0.4, 0.5) is 5.69 Å². The first-order valence-electron chi connectivity index (χ1n) is 7.57. The molecular formula is C16H28N2O2S. The van der Waals surface area contributed by atoms with Crippen LogP contribution in [0.25, 0.3) is 0 Å². The molecule has 0 aliphatic heterocycles. The SMILES string of the molecule is CCc1ccc(N)cc1S(=O)(=O)N(CC(C)C)CC(C)C. The average molecular weight is 312 g/mol. The Morgan fingerprint density at radius 2 is 1.62 bits per heavy atom. The second-order valence-corrected chi connectivity index (χ2v) is 8.24. The van der Waals surface area contributed by atoms with Gasteiger partial charge in [0.15, 0.2) is 0 Å². The van der Waals surface area contributed by atoms with Crippen molar-refractivity contribution in [2.45, 2.75) is 45.9 Å². The summed E-state index contributed by atoms with van der Waals surface area (Å²) in [7, 11) is -3.50. The molecule has 0 heterocycles. The lowest BCUT2D eigenvalue weighted by atomic mass is 10.1. The van der Waals surface area contributed by atoms with Crippen molar-refractivity contribution >= 4 is 15.7 Å². The number of rotatable bonds is 7. The predicted molar refractivity (Wildman–Crippen MR) is 88.7 cm³/mol. The molecule has 0 fully saturated rings. The van der Waals surface area contributed by atoms with Gasteiger partial charge >= 0.3 is 0 Å². The molecule has 0 atom stereocenters. The molecule has 1 aromatic rings. The summed E-state index contributed by atoms with van der Waals surface area (Å²) in [6.45, 7) is 11.1. The molecule has 0 unspecified atom stereocenters. The second-order valence-electron chi connectivity index (χ2n) is 6.33. The molecule has 21 heavy (non-hydrogen) atoms. The Bertz CT molecular complexity index is 556. The van der Waals surface area contributed by atoms with Crippen LogP contribution in [0.3, 0.4) is 0 Å². The van der Waals surface area contributed by atoms with Crippen molar-refractivity contribution < 1.29 is 8.42 Å². The lowest BCUT2D eigenvalue weighted by Crippen LogP contribution is -2.37. The first-order valence-corrected chi connectivity index (χ1v) is 9.01. The smallest absolute Gasteiger partial charge is 0.243 e. The van der Waals surface area contributed by atoms with E-state index in [9.17, 15) is 8.42 Å². The molecule has 0 amide bonds. The zero-order chi connectivity index (χ0) is 16.2. The molecule has 0 saturated heterocycles. The fraction of sp³-hybridized carbons (Fsp3) is 0.625. The summed E-state index contributed by atoms with van der Waals surface area (Å²) in [5, 5.41) is 0. The van der Waals surface area contributed by atoms with Crippen molar-refractivity contribution in [1.82, 2.24) is 4.31 Å². The lowest BCUT2D eigenvalue weighted by molar-refractivity contribution is 0.333. The second kappa shape index (κ2) is 7.27. The molecule has 0 aromatic heterocycles. The Morgan fingerprint density at radius 1 is 1.10 bits per heavy atom. The van der Waals surface area contributed by atoms with Crippen LogP contribution in [0, 0.1) is 11.8 Å². The third kappa shape index (κ3) is 4.71. The molecule has 2 N–H and O–H groups in total. The molecule has 4 nitrogen and oxygen atoms in total. The molecule has 0 spiro atoms. The lowest BCUT2D eigenvalue weighted by Gasteiger charge is -2.26. The third-order valence-corrected chi connectivity index (χ3v) is 5.14. The number of aryl methyl sites for hydroxylation is 1. The minimum absolute atomic E-state index is 0.282. The molecule has 1 aromatic carbocycles. The van der Waals surface area contributed by atoms with E-state index in [1.165, 1.54) is 0 Å². The minimum atomic E-state index is -3.50. The van der Waals surface area contributed by atoms with E-state index in [1.54, 1.807) is 16.4 Å². The Morgan fingerprint density at radius 3 is 2.05 bits per heavy atom. The van der Waals surface area contributed by atoms with Gasteiger partial charge < -0.3 is 5.73 Å². The van der Waals surface area contributed by atoms with Crippen molar-refractivity contribution in [1.29, 1.82) is 0 Å². The number of benzene rings is 1.